The van der Waals surface area contributed by atoms with Crippen LogP contribution in [0, 0.1) is 5.92 Å². The molecule has 0 aliphatic carbocycles. The van der Waals surface area contributed by atoms with Crippen LogP contribution in [0.2, 0.25) is 10.0 Å². The maximum Gasteiger partial charge on any atom is 0.328 e. The summed E-state index contributed by atoms with van der Waals surface area (Å²) in [5.41, 5.74) is 0.985. The van der Waals surface area contributed by atoms with E-state index in [0.717, 1.165) is 18.7 Å². The number of amides is 1. The smallest absolute Gasteiger partial charge is 0.328 e. The summed E-state index contributed by atoms with van der Waals surface area (Å²) < 4.78 is 5.91. The molecule has 10 heteroatoms. The van der Waals surface area contributed by atoms with Gasteiger partial charge in [-0.15, -0.1) is 0 Å². The summed E-state index contributed by atoms with van der Waals surface area (Å²) in [5.74, 6) is -2.40. The number of rotatable bonds is 5. The summed E-state index contributed by atoms with van der Waals surface area (Å²) in [4.78, 5) is 30.2. The second-order valence-corrected chi connectivity index (χ2v) is 6.69. The minimum Gasteiger partial charge on any atom is -0.478 e. The van der Waals surface area contributed by atoms with Crippen LogP contribution < -0.4 is 10.6 Å². The van der Waals surface area contributed by atoms with Gasteiger partial charge in [0.05, 0.1) is 22.8 Å². The topological polar surface area (TPSA) is 125 Å². The molecule has 1 aromatic rings. The Hall–Kier alpha value is -2.13. The van der Waals surface area contributed by atoms with Crippen LogP contribution in [-0.2, 0) is 19.1 Å². The summed E-state index contributed by atoms with van der Waals surface area (Å²) in [6.07, 6.45) is 1.01. The quantitative estimate of drug-likeness (QED) is 0.525. The van der Waals surface area contributed by atoms with Gasteiger partial charge in [0, 0.05) is 44.6 Å². The van der Waals surface area contributed by atoms with Crippen LogP contribution >= 0.6 is 23.2 Å². The van der Waals surface area contributed by atoms with Crippen molar-refractivity contribution in [2.24, 2.45) is 5.92 Å². The zero-order valence-electron chi connectivity index (χ0n) is 15.2. The molecule has 28 heavy (non-hydrogen) atoms. The molecule has 0 spiro atoms. The summed E-state index contributed by atoms with van der Waals surface area (Å²) in [5, 5.41) is 22.8. The van der Waals surface area contributed by atoms with Gasteiger partial charge in [-0.25, -0.2) is 9.59 Å². The number of carboxylic acid groups (broad SMARTS) is 2. The lowest BCUT2D eigenvalue weighted by molar-refractivity contribution is -0.134. The van der Waals surface area contributed by atoms with E-state index in [4.69, 9.17) is 38.2 Å². The van der Waals surface area contributed by atoms with Gasteiger partial charge in [-0.3, -0.25) is 4.79 Å². The first-order valence-electron chi connectivity index (χ1n) is 8.36. The van der Waals surface area contributed by atoms with Gasteiger partial charge in [0.1, 0.15) is 0 Å². The van der Waals surface area contributed by atoms with E-state index >= 15 is 0 Å². The molecular weight excluding hydrogens is 411 g/mol. The van der Waals surface area contributed by atoms with Crippen molar-refractivity contribution in [2.75, 3.05) is 26.2 Å². The molecule has 0 aromatic heterocycles. The zero-order valence-corrected chi connectivity index (χ0v) is 16.7. The van der Waals surface area contributed by atoms with Gasteiger partial charge >= 0.3 is 11.9 Å². The molecule has 1 heterocycles. The molecule has 2 rings (SSSR count). The van der Waals surface area contributed by atoms with E-state index in [1.54, 1.807) is 6.07 Å². The van der Waals surface area contributed by atoms with Gasteiger partial charge in [0.15, 0.2) is 0 Å². The largest absolute Gasteiger partial charge is 0.478 e. The molecule has 1 aliphatic heterocycles. The van der Waals surface area contributed by atoms with Gasteiger partial charge in [0.2, 0.25) is 5.91 Å². The Morgan fingerprint density at radius 1 is 1.21 bits per heavy atom. The number of hydrogen-bond acceptors (Lipinski definition) is 5. The standard InChI is InChI=1S/C14H18Cl2N2O2.C4H4O4/c1-9(19)18-8-11-7-17-4-5-20-14(11)10-2-3-12(15)13(16)6-10;5-3(6)1-2-4(7)8/h2-3,6,11,14,17H,4-5,7-8H2,1H3,(H,18,19);1-2H,(H,5,6)(H,7,8)/b;2-1+/t11-,14-;/m0./s1. The van der Waals surface area contributed by atoms with Crippen LogP contribution in [0.5, 0.6) is 0 Å². The fourth-order valence-electron chi connectivity index (χ4n) is 2.44. The average Bonchev–Trinajstić information content (AvgIpc) is 2.86. The highest BCUT2D eigenvalue weighted by Crippen LogP contribution is 2.31. The molecule has 0 radical (unpaired) electrons. The van der Waals surface area contributed by atoms with Crippen molar-refractivity contribution in [3.8, 4) is 0 Å². The molecule has 1 aliphatic rings. The van der Waals surface area contributed by atoms with Crippen LogP contribution in [0.4, 0.5) is 0 Å². The van der Waals surface area contributed by atoms with E-state index in [2.05, 4.69) is 10.6 Å². The van der Waals surface area contributed by atoms with Crippen molar-refractivity contribution in [1.29, 1.82) is 0 Å². The molecule has 1 aromatic carbocycles. The predicted octanol–water partition coefficient (Wildman–Crippen LogP) is 2.12. The second-order valence-electron chi connectivity index (χ2n) is 5.88. The maximum absolute atomic E-state index is 11.1. The molecule has 0 unspecified atom stereocenters. The number of benzene rings is 1. The predicted molar refractivity (Wildman–Crippen MR) is 105 cm³/mol. The lowest BCUT2D eigenvalue weighted by Gasteiger charge is -2.25. The SMILES string of the molecule is CC(=O)NC[C@@H]1CNCCO[C@H]1c1ccc(Cl)c(Cl)c1.O=C(O)/C=C/C(=O)O. The number of nitrogens with one attached hydrogen (secondary N) is 2. The molecule has 8 nitrogen and oxygen atoms in total. The third kappa shape index (κ3) is 9.18. The molecule has 0 bridgehead atoms. The molecule has 154 valence electrons. The molecule has 1 fully saturated rings. The number of ether oxygens (including phenoxy) is 1. The van der Waals surface area contributed by atoms with Crippen LogP contribution in [0.25, 0.3) is 0 Å². The number of halogens is 2. The maximum atomic E-state index is 11.1. The molecule has 4 N–H and O–H groups in total. The molecule has 2 atom stereocenters. The van der Waals surface area contributed by atoms with Crippen molar-refractivity contribution < 1.29 is 29.3 Å². The van der Waals surface area contributed by atoms with Crippen LogP contribution in [-0.4, -0.2) is 54.3 Å². The highest BCUT2D eigenvalue weighted by molar-refractivity contribution is 6.42. The highest BCUT2D eigenvalue weighted by Gasteiger charge is 2.26. The number of carbonyl (C=O) groups is 3. The van der Waals surface area contributed by atoms with Gasteiger partial charge in [0.25, 0.3) is 0 Å². The lowest BCUT2D eigenvalue weighted by atomic mass is 9.95. The normalized spacial score (nSPS) is 19.2. The number of carbonyl (C=O) groups excluding carboxylic acids is 1. The van der Waals surface area contributed by atoms with E-state index in [9.17, 15) is 14.4 Å². The fourth-order valence-corrected chi connectivity index (χ4v) is 2.75. The Morgan fingerprint density at radius 2 is 1.86 bits per heavy atom. The minimum atomic E-state index is -1.26. The second kappa shape index (κ2) is 12.4. The first-order chi connectivity index (χ1) is 13.2. The van der Waals surface area contributed by atoms with Crippen LogP contribution in [0.15, 0.2) is 30.4 Å². The third-order valence-corrected chi connectivity index (χ3v) is 4.40. The first kappa shape index (κ1) is 23.9. The van der Waals surface area contributed by atoms with Crippen molar-refractivity contribution in [3.05, 3.63) is 46.0 Å². The third-order valence-electron chi connectivity index (χ3n) is 3.66. The van der Waals surface area contributed by atoms with Gasteiger partial charge in [-0.05, 0) is 17.7 Å². The fraction of sp³-hybridized carbons (Fsp3) is 0.389. The van der Waals surface area contributed by atoms with Crippen molar-refractivity contribution in [3.63, 3.8) is 0 Å². The number of aliphatic carboxylic acids is 2. The summed E-state index contributed by atoms with van der Waals surface area (Å²) >= 11 is 12.0. The Bertz CT molecular complexity index is 710. The first-order valence-corrected chi connectivity index (χ1v) is 9.12. The summed E-state index contributed by atoms with van der Waals surface area (Å²) in [6, 6.07) is 5.53. The lowest BCUT2D eigenvalue weighted by Crippen LogP contribution is -2.35. The number of hydrogen-bond donors (Lipinski definition) is 4. The van der Waals surface area contributed by atoms with E-state index in [0.29, 0.717) is 35.3 Å². The van der Waals surface area contributed by atoms with E-state index in [1.165, 1.54) is 6.92 Å². The Morgan fingerprint density at radius 3 is 2.39 bits per heavy atom. The van der Waals surface area contributed by atoms with Gasteiger partial charge in [-0.1, -0.05) is 29.3 Å². The minimum absolute atomic E-state index is 0.0397. The van der Waals surface area contributed by atoms with E-state index < -0.39 is 11.9 Å². The van der Waals surface area contributed by atoms with Crippen LogP contribution in [0.1, 0.15) is 18.6 Å². The molecule has 1 amide bonds. The van der Waals surface area contributed by atoms with Crippen molar-refractivity contribution in [2.45, 2.75) is 13.0 Å². The van der Waals surface area contributed by atoms with Crippen molar-refractivity contribution >= 4 is 41.0 Å². The summed E-state index contributed by atoms with van der Waals surface area (Å²) in [6.45, 7) is 4.29. The Balaban J connectivity index is 0.000000416. The van der Waals surface area contributed by atoms with E-state index in [1.807, 2.05) is 12.1 Å². The van der Waals surface area contributed by atoms with E-state index in [-0.39, 0.29) is 17.9 Å². The average molecular weight is 433 g/mol. The highest BCUT2D eigenvalue weighted by atomic mass is 35.5. The molecular formula is C18H22Cl2N2O6. The number of carboxylic acids is 2. The van der Waals surface area contributed by atoms with Crippen molar-refractivity contribution in [1.82, 2.24) is 10.6 Å². The van der Waals surface area contributed by atoms with Crippen LogP contribution in [0.3, 0.4) is 0 Å². The zero-order chi connectivity index (χ0) is 21.1. The van der Waals surface area contributed by atoms with Gasteiger partial charge < -0.3 is 25.6 Å². The summed E-state index contributed by atoms with van der Waals surface area (Å²) in [7, 11) is 0. The van der Waals surface area contributed by atoms with Gasteiger partial charge in [-0.2, -0.15) is 0 Å². The molecule has 1 saturated heterocycles. The Kier molecular flexibility index (Phi) is 10.5. The molecule has 0 saturated carbocycles. The monoisotopic (exact) mass is 432 g/mol. The Labute approximate surface area is 172 Å².